The van der Waals surface area contributed by atoms with Crippen molar-refractivity contribution in [2.75, 3.05) is 0 Å². The minimum absolute atomic E-state index is 0.145. The van der Waals surface area contributed by atoms with Gasteiger partial charge in [-0.1, -0.05) is 0 Å². The third-order valence-electron chi connectivity index (χ3n) is 1.59. The van der Waals surface area contributed by atoms with Gasteiger partial charge in [-0.15, -0.1) is 0 Å². The number of halogens is 2. The average Bonchev–Trinajstić information content (AvgIpc) is 2.08. The summed E-state index contributed by atoms with van der Waals surface area (Å²) in [5, 5.41) is 8.88. The summed E-state index contributed by atoms with van der Waals surface area (Å²) in [4.78, 5) is 10.9. The summed E-state index contributed by atoms with van der Waals surface area (Å²) in [5.74, 6) is -1.55. The molecule has 0 amide bonds. The van der Waals surface area contributed by atoms with Gasteiger partial charge in [0.15, 0.2) is 0 Å². The number of carboxylic acids is 1. The number of aromatic carboxylic acids is 1. The molecule has 82 valence electrons. The van der Waals surface area contributed by atoms with Crippen LogP contribution in [0.15, 0.2) is 12.1 Å². The molecule has 0 atom stereocenters. The molecule has 0 aliphatic carbocycles. The molecule has 1 aromatic carbocycles. The normalized spacial score (nSPS) is 10.5. The van der Waals surface area contributed by atoms with Crippen molar-refractivity contribution in [3.8, 4) is 5.75 Å². The van der Waals surface area contributed by atoms with Gasteiger partial charge in [0.25, 0.3) is 0 Å². The van der Waals surface area contributed by atoms with E-state index >= 15 is 0 Å². The second kappa shape index (κ2) is 4.78. The van der Waals surface area contributed by atoms with Gasteiger partial charge in [0, 0.05) is 0 Å². The van der Waals surface area contributed by atoms with Crippen LogP contribution in [0.3, 0.4) is 0 Å². The van der Waals surface area contributed by atoms with Crippen molar-refractivity contribution in [2.24, 2.45) is 0 Å². The lowest BCUT2D eigenvalue weighted by Gasteiger charge is -2.14. The van der Waals surface area contributed by atoms with Crippen LogP contribution in [0.25, 0.3) is 0 Å². The number of rotatable bonds is 3. The van der Waals surface area contributed by atoms with Crippen LogP contribution >= 0.6 is 22.6 Å². The van der Waals surface area contributed by atoms with Gasteiger partial charge < -0.3 is 9.84 Å². The van der Waals surface area contributed by atoms with Gasteiger partial charge in [0.2, 0.25) is 0 Å². The molecule has 1 N–H and O–H groups in total. The smallest absolute Gasteiger partial charge is 0.339 e. The zero-order valence-electron chi connectivity index (χ0n) is 8.25. The topological polar surface area (TPSA) is 46.5 Å². The van der Waals surface area contributed by atoms with Crippen LogP contribution in [0.4, 0.5) is 4.39 Å². The predicted octanol–water partition coefficient (Wildman–Crippen LogP) is 2.92. The minimum atomic E-state index is -1.19. The first-order chi connectivity index (χ1) is 6.91. The number of carbonyl (C=O) groups is 1. The summed E-state index contributed by atoms with van der Waals surface area (Å²) in [7, 11) is 0. The molecular formula is C10H10FIO3. The van der Waals surface area contributed by atoms with Crippen LogP contribution in [0.1, 0.15) is 24.2 Å². The molecule has 0 saturated heterocycles. The first-order valence-corrected chi connectivity index (χ1v) is 5.38. The lowest BCUT2D eigenvalue weighted by Crippen LogP contribution is -2.11. The summed E-state index contributed by atoms with van der Waals surface area (Å²) < 4.78 is 18.8. The Bertz CT molecular complexity index is 390. The minimum Gasteiger partial charge on any atom is -0.489 e. The highest BCUT2D eigenvalue weighted by molar-refractivity contribution is 14.1. The van der Waals surface area contributed by atoms with E-state index in [0.717, 1.165) is 6.07 Å². The van der Waals surface area contributed by atoms with Gasteiger partial charge in [0.1, 0.15) is 17.1 Å². The molecule has 0 aliphatic rings. The van der Waals surface area contributed by atoms with Crippen LogP contribution < -0.4 is 4.74 Å². The van der Waals surface area contributed by atoms with Crippen molar-refractivity contribution < 1.29 is 19.0 Å². The lowest BCUT2D eigenvalue weighted by molar-refractivity contribution is 0.0689. The highest BCUT2D eigenvalue weighted by Crippen LogP contribution is 2.28. The van der Waals surface area contributed by atoms with Crippen LogP contribution in [-0.4, -0.2) is 17.2 Å². The van der Waals surface area contributed by atoms with E-state index in [9.17, 15) is 9.18 Å². The average molecular weight is 324 g/mol. The second-order valence-corrected chi connectivity index (χ2v) is 4.40. The number of carboxylic acid groups (broad SMARTS) is 1. The van der Waals surface area contributed by atoms with Crippen molar-refractivity contribution in [3.05, 3.63) is 27.1 Å². The fourth-order valence-corrected chi connectivity index (χ4v) is 1.79. The Balaban J connectivity index is 3.27. The maximum atomic E-state index is 13.0. The van der Waals surface area contributed by atoms with Gasteiger partial charge >= 0.3 is 5.97 Å². The maximum Gasteiger partial charge on any atom is 0.339 e. The van der Waals surface area contributed by atoms with Crippen molar-refractivity contribution in [1.29, 1.82) is 0 Å². The quantitative estimate of drug-likeness (QED) is 0.870. The molecule has 0 radical (unpaired) electrons. The van der Waals surface area contributed by atoms with E-state index in [-0.39, 0.29) is 17.4 Å². The fourth-order valence-electron chi connectivity index (χ4n) is 1.07. The largest absolute Gasteiger partial charge is 0.489 e. The van der Waals surface area contributed by atoms with E-state index in [4.69, 9.17) is 9.84 Å². The second-order valence-electron chi connectivity index (χ2n) is 3.24. The molecule has 0 saturated carbocycles. The third-order valence-corrected chi connectivity index (χ3v) is 2.39. The monoisotopic (exact) mass is 324 g/mol. The summed E-state index contributed by atoms with van der Waals surface area (Å²) in [6.07, 6.45) is -0.151. The molecule has 0 heterocycles. The Kier molecular flexibility index (Phi) is 3.90. The van der Waals surface area contributed by atoms with Crippen molar-refractivity contribution in [3.63, 3.8) is 0 Å². The molecule has 0 bridgehead atoms. The van der Waals surface area contributed by atoms with Crippen LogP contribution in [0.5, 0.6) is 5.75 Å². The lowest BCUT2D eigenvalue weighted by atomic mass is 10.2. The Labute approximate surface area is 100 Å². The van der Waals surface area contributed by atoms with Crippen LogP contribution in [0, 0.1) is 9.39 Å². The molecule has 15 heavy (non-hydrogen) atoms. The van der Waals surface area contributed by atoms with E-state index in [1.807, 2.05) is 22.6 Å². The Morgan fingerprint density at radius 1 is 1.53 bits per heavy atom. The zero-order valence-corrected chi connectivity index (χ0v) is 10.4. The molecule has 0 fully saturated rings. The molecule has 0 unspecified atom stereocenters. The summed E-state index contributed by atoms with van der Waals surface area (Å²) in [5.41, 5.74) is -0.145. The first-order valence-electron chi connectivity index (χ1n) is 4.30. The summed E-state index contributed by atoms with van der Waals surface area (Å²) in [6.45, 7) is 3.57. The number of ether oxygens (including phenoxy) is 1. The first kappa shape index (κ1) is 12.2. The van der Waals surface area contributed by atoms with Crippen molar-refractivity contribution in [1.82, 2.24) is 0 Å². The van der Waals surface area contributed by atoms with Gasteiger partial charge in [0.05, 0.1) is 9.67 Å². The van der Waals surface area contributed by atoms with Gasteiger partial charge in [-0.2, -0.15) is 0 Å². The van der Waals surface area contributed by atoms with E-state index in [2.05, 4.69) is 0 Å². The van der Waals surface area contributed by atoms with Gasteiger partial charge in [-0.05, 0) is 48.6 Å². The van der Waals surface area contributed by atoms with E-state index in [1.165, 1.54) is 6.07 Å². The Morgan fingerprint density at radius 2 is 2.13 bits per heavy atom. The van der Waals surface area contributed by atoms with Crippen molar-refractivity contribution >= 4 is 28.6 Å². The highest BCUT2D eigenvalue weighted by atomic mass is 127. The highest BCUT2D eigenvalue weighted by Gasteiger charge is 2.17. The molecular weight excluding hydrogens is 314 g/mol. The maximum absolute atomic E-state index is 13.0. The SMILES string of the molecule is CC(C)Oc1c(I)cc(F)cc1C(=O)O. The van der Waals surface area contributed by atoms with E-state index in [0.29, 0.717) is 3.57 Å². The molecule has 0 spiro atoms. The molecule has 1 aromatic rings. The predicted molar refractivity (Wildman–Crippen MR) is 61.8 cm³/mol. The molecule has 0 aliphatic heterocycles. The van der Waals surface area contributed by atoms with Crippen molar-refractivity contribution in [2.45, 2.75) is 20.0 Å². The molecule has 1 rings (SSSR count). The van der Waals surface area contributed by atoms with Crippen LogP contribution in [-0.2, 0) is 0 Å². The van der Waals surface area contributed by atoms with Gasteiger partial charge in [-0.3, -0.25) is 0 Å². The molecule has 0 aromatic heterocycles. The third kappa shape index (κ3) is 3.05. The number of hydrogen-bond donors (Lipinski definition) is 1. The Hall–Kier alpha value is -0.850. The fraction of sp³-hybridized carbons (Fsp3) is 0.300. The zero-order chi connectivity index (χ0) is 11.6. The van der Waals surface area contributed by atoms with E-state index < -0.39 is 11.8 Å². The number of benzene rings is 1. The molecule has 5 heteroatoms. The Morgan fingerprint density at radius 3 is 2.60 bits per heavy atom. The molecule has 3 nitrogen and oxygen atoms in total. The standard InChI is InChI=1S/C10H10FIO3/c1-5(2)15-9-7(10(13)14)3-6(11)4-8(9)12/h3-5H,1-2H3,(H,13,14). The summed E-state index contributed by atoms with van der Waals surface area (Å²) in [6, 6.07) is 2.20. The summed E-state index contributed by atoms with van der Waals surface area (Å²) >= 11 is 1.85. The van der Waals surface area contributed by atoms with E-state index in [1.54, 1.807) is 13.8 Å². The van der Waals surface area contributed by atoms with Gasteiger partial charge in [-0.25, -0.2) is 9.18 Å². The van der Waals surface area contributed by atoms with Crippen LogP contribution in [0.2, 0.25) is 0 Å². The number of hydrogen-bond acceptors (Lipinski definition) is 2.